The number of nitrogen functional groups attached to an aromatic ring is 1. The third-order valence-electron chi connectivity index (χ3n) is 2.47. The van der Waals surface area contributed by atoms with Crippen molar-refractivity contribution >= 4 is 28.7 Å². The predicted octanol–water partition coefficient (Wildman–Crippen LogP) is 3.95. The highest BCUT2D eigenvalue weighted by atomic mass is 35.5. The second-order valence-corrected chi connectivity index (χ2v) is 4.29. The number of rotatable bonds is 3. The molecule has 2 aromatic carbocycles. The third-order valence-corrected chi connectivity index (χ3v) is 2.68. The van der Waals surface area contributed by atoms with Gasteiger partial charge in [-0.3, -0.25) is 0 Å². The smallest absolute Gasteiger partial charge is 0.167 e. The molecule has 0 amide bonds. The van der Waals surface area contributed by atoms with Crippen molar-refractivity contribution in [1.82, 2.24) is 0 Å². The lowest BCUT2D eigenvalue weighted by molar-refractivity contribution is 0.387. The summed E-state index contributed by atoms with van der Waals surface area (Å²) in [4.78, 5) is 0. The van der Waals surface area contributed by atoms with E-state index in [1.54, 1.807) is 0 Å². The predicted molar refractivity (Wildman–Crippen MR) is 72.1 cm³/mol. The minimum absolute atomic E-state index is 0.0409. The molecule has 19 heavy (non-hydrogen) atoms. The van der Waals surface area contributed by atoms with Crippen LogP contribution in [0.4, 0.5) is 25.8 Å². The standard InChI is InChI=1S/C13H11ClF2N2O/c1-19-13-6-12(11(17)5-10(13)16)18-9-3-7(14)2-8(15)4-9/h2-6,18H,17H2,1H3. The first-order valence-electron chi connectivity index (χ1n) is 5.35. The van der Waals surface area contributed by atoms with Crippen LogP contribution in [0.1, 0.15) is 0 Å². The first kappa shape index (κ1) is 13.4. The Kier molecular flexibility index (Phi) is 3.76. The summed E-state index contributed by atoms with van der Waals surface area (Å²) in [5.41, 5.74) is 6.67. The Morgan fingerprint density at radius 3 is 2.53 bits per heavy atom. The van der Waals surface area contributed by atoms with Gasteiger partial charge < -0.3 is 15.8 Å². The maximum Gasteiger partial charge on any atom is 0.167 e. The second-order valence-electron chi connectivity index (χ2n) is 3.86. The van der Waals surface area contributed by atoms with E-state index in [0.29, 0.717) is 11.4 Å². The van der Waals surface area contributed by atoms with E-state index in [4.69, 9.17) is 22.1 Å². The molecular weight excluding hydrogens is 274 g/mol. The molecule has 0 atom stereocenters. The lowest BCUT2D eigenvalue weighted by Gasteiger charge is -2.12. The van der Waals surface area contributed by atoms with Gasteiger partial charge in [-0.25, -0.2) is 8.78 Å². The first-order chi connectivity index (χ1) is 8.99. The van der Waals surface area contributed by atoms with E-state index in [1.807, 2.05) is 0 Å². The van der Waals surface area contributed by atoms with Gasteiger partial charge in [0.05, 0.1) is 18.5 Å². The molecule has 6 heteroatoms. The van der Waals surface area contributed by atoms with Gasteiger partial charge in [-0.1, -0.05) is 11.6 Å². The molecule has 0 unspecified atom stereocenters. The Labute approximate surface area is 113 Å². The summed E-state index contributed by atoms with van der Waals surface area (Å²) in [5.74, 6) is -1.01. The van der Waals surface area contributed by atoms with Gasteiger partial charge in [0.2, 0.25) is 0 Å². The summed E-state index contributed by atoms with van der Waals surface area (Å²) in [6.45, 7) is 0. The van der Waals surface area contributed by atoms with Crippen LogP contribution in [0.3, 0.4) is 0 Å². The van der Waals surface area contributed by atoms with Crippen molar-refractivity contribution in [2.24, 2.45) is 0 Å². The third kappa shape index (κ3) is 3.06. The van der Waals surface area contributed by atoms with Crippen molar-refractivity contribution in [2.75, 3.05) is 18.2 Å². The Hall–Kier alpha value is -2.01. The Balaban J connectivity index is 2.37. The summed E-state index contributed by atoms with van der Waals surface area (Å²) in [5, 5.41) is 3.11. The molecule has 3 N–H and O–H groups in total. The number of hydrogen-bond donors (Lipinski definition) is 2. The van der Waals surface area contributed by atoms with Crippen LogP contribution in [0.2, 0.25) is 5.02 Å². The summed E-state index contributed by atoms with van der Waals surface area (Å²) in [6.07, 6.45) is 0. The van der Waals surface area contributed by atoms with Crippen LogP contribution < -0.4 is 15.8 Å². The highest BCUT2D eigenvalue weighted by Crippen LogP contribution is 2.31. The van der Waals surface area contributed by atoms with Gasteiger partial charge in [0.1, 0.15) is 5.82 Å². The van der Waals surface area contributed by atoms with Crippen LogP contribution in [0.5, 0.6) is 5.75 Å². The monoisotopic (exact) mass is 284 g/mol. The van der Waals surface area contributed by atoms with E-state index in [-0.39, 0.29) is 16.5 Å². The number of ether oxygens (including phenoxy) is 1. The zero-order chi connectivity index (χ0) is 14.0. The van der Waals surface area contributed by atoms with E-state index in [9.17, 15) is 8.78 Å². The Morgan fingerprint density at radius 1 is 1.16 bits per heavy atom. The molecule has 0 fully saturated rings. The maximum absolute atomic E-state index is 13.4. The fourth-order valence-corrected chi connectivity index (χ4v) is 1.84. The van der Waals surface area contributed by atoms with Gasteiger partial charge >= 0.3 is 0 Å². The van der Waals surface area contributed by atoms with Gasteiger partial charge in [0.25, 0.3) is 0 Å². The van der Waals surface area contributed by atoms with Crippen molar-refractivity contribution in [1.29, 1.82) is 0 Å². The number of halogens is 3. The molecule has 2 aromatic rings. The van der Waals surface area contributed by atoms with Gasteiger partial charge in [0, 0.05) is 22.8 Å². The quantitative estimate of drug-likeness (QED) is 0.839. The summed E-state index contributed by atoms with van der Waals surface area (Å²) < 4.78 is 31.4. The van der Waals surface area contributed by atoms with Crippen molar-refractivity contribution in [3.63, 3.8) is 0 Å². The molecular formula is C13H11ClF2N2O. The number of nitrogens with one attached hydrogen (secondary N) is 1. The topological polar surface area (TPSA) is 47.3 Å². The number of benzene rings is 2. The van der Waals surface area contributed by atoms with Crippen molar-refractivity contribution in [2.45, 2.75) is 0 Å². The fraction of sp³-hybridized carbons (Fsp3) is 0.0769. The normalized spacial score (nSPS) is 10.3. The summed E-state index contributed by atoms with van der Waals surface area (Å²) >= 11 is 5.74. The van der Waals surface area contributed by atoms with Gasteiger partial charge in [-0.2, -0.15) is 0 Å². The number of nitrogens with two attached hydrogens (primary N) is 1. The van der Waals surface area contributed by atoms with Gasteiger partial charge in [0.15, 0.2) is 11.6 Å². The number of anilines is 3. The molecule has 3 nitrogen and oxygen atoms in total. The first-order valence-corrected chi connectivity index (χ1v) is 5.73. The van der Waals surface area contributed by atoms with Crippen LogP contribution >= 0.6 is 11.6 Å². The molecule has 100 valence electrons. The van der Waals surface area contributed by atoms with E-state index in [1.165, 1.54) is 31.4 Å². The highest BCUT2D eigenvalue weighted by Gasteiger charge is 2.09. The van der Waals surface area contributed by atoms with E-state index >= 15 is 0 Å². The zero-order valence-electron chi connectivity index (χ0n) is 10.0. The second kappa shape index (κ2) is 5.32. The van der Waals surface area contributed by atoms with E-state index < -0.39 is 11.6 Å². The molecule has 0 aromatic heterocycles. The van der Waals surface area contributed by atoms with Gasteiger partial charge in [-0.05, 0) is 18.2 Å². The van der Waals surface area contributed by atoms with Crippen LogP contribution in [0, 0.1) is 11.6 Å². The lowest BCUT2D eigenvalue weighted by Crippen LogP contribution is -1.99. The SMILES string of the molecule is COc1cc(Nc2cc(F)cc(Cl)c2)c(N)cc1F. The van der Waals surface area contributed by atoms with Crippen LogP contribution in [-0.2, 0) is 0 Å². The average Bonchev–Trinajstić information content (AvgIpc) is 2.31. The van der Waals surface area contributed by atoms with Crippen molar-refractivity contribution in [3.8, 4) is 5.75 Å². The number of hydrogen-bond acceptors (Lipinski definition) is 3. The summed E-state index contributed by atoms with van der Waals surface area (Å²) in [7, 11) is 1.34. The molecule has 0 saturated heterocycles. The maximum atomic E-state index is 13.4. The van der Waals surface area contributed by atoms with E-state index in [0.717, 1.165) is 6.07 Å². The molecule has 0 aliphatic rings. The molecule has 0 heterocycles. The Morgan fingerprint density at radius 2 is 1.89 bits per heavy atom. The molecule has 0 bridgehead atoms. The molecule has 0 saturated carbocycles. The molecule has 0 aliphatic carbocycles. The van der Waals surface area contributed by atoms with Crippen LogP contribution in [0.25, 0.3) is 0 Å². The number of methoxy groups -OCH3 is 1. The summed E-state index contributed by atoms with van der Waals surface area (Å²) in [6, 6.07) is 6.48. The van der Waals surface area contributed by atoms with E-state index in [2.05, 4.69) is 5.32 Å². The zero-order valence-corrected chi connectivity index (χ0v) is 10.8. The molecule has 0 radical (unpaired) electrons. The van der Waals surface area contributed by atoms with Crippen LogP contribution in [0.15, 0.2) is 30.3 Å². The minimum atomic E-state index is -0.567. The fourth-order valence-electron chi connectivity index (χ4n) is 1.61. The van der Waals surface area contributed by atoms with Crippen molar-refractivity contribution in [3.05, 3.63) is 47.0 Å². The lowest BCUT2D eigenvalue weighted by atomic mass is 10.2. The molecule has 2 rings (SSSR count). The largest absolute Gasteiger partial charge is 0.494 e. The van der Waals surface area contributed by atoms with Crippen molar-refractivity contribution < 1.29 is 13.5 Å². The van der Waals surface area contributed by atoms with Crippen LogP contribution in [-0.4, -0.2) is 7.11 Å². The van der Waals surface area contributed by atoms with Gasteiger partial charge in [-0.15, -0.1) is 0 Å². The molecule has 0 spiro atoms. The highest BCUT2D eigenvalue weighted by molar-refractivity contribution is 6.30. The minimum Gasteiger partial charge on any atom is -0.494 e. The Bertz CT molecular complexity index is 600. The average molecular weight is 285 g/mol. The molecule has 0 aliphatic heterocycles.